The maximum atomic E-state index is 12.1. The number of nitrogens with one attached hydrogen (secondary N) is 2. The molecule has 2 N–H and O–H groups in total. The molecule has 1 aromatic carbocycles. The van der Waals surface area contributed by atoms with Crippen LogP contribution in [0.15, 0.2) is 45.3 Å². The molecule has 1 aromatic heterocycles. The molecule has 1 heterocycles. The fourth-order valence-corrected chi connectivity index (χ4v) is 3.16. The average Bonchev–Trinajstić information content (AvgIpc) is 3.28. The van der Waals surface area contributed by atoms with E-state index in [0.717, 1.165) is 26.5 Å². The minimum atomic E-state index is 0.117. The number of hydrogen-bond donors (Lipinski definition) is 2. The third kappa shape index (κ3) is 4.71. The number of carbonyl (C=O) groups excluding carboxylic acids is 1. The average molecular weight is 392 g/mol. The van der Waals surface area contributed by atoms with Crippen LogP contribution < -0.4 is 10.2 Å². The van der Waals surface area contributed by atoms with E-state index >= 15 is 0 Å². The summed E-state index contributed by atoms with van der Waals surface area (Å²) in [5, 5.41) is 3.10. The van der Waals surface area contributed by atoms with Gasteiger partial charge in [-0.15, -0.1) is 0 Å². The van der Waals surface area contributed by atoms with Crippen molar-refractivity contribution in [2.24, 2.45) is 5.92 Å². The topological polar surface area (TPSA) is 46.7 Å². The van der Waals surface area contributed by atoms with E-state index in [0.29, 0.717) is 25.0 Å². The van der Waals surface area contributed by atoms with Crippen molar-refractivity contribution in [3.63, 3.8) is 0 Å². The number of halogens is 1. The molecule has 2 atom stereocenters. The summed E-state index contributed by atoms with van der Waals surface area (Å²) in [7, 11) is 2.02. The van der Waals surface area contributed by atoms with Crippen molar-refractivity contribution >= 4 is 21.8 Å². The fourth-order valence-electron chi connectivity index (χ4n) is 2.90. The van der Waals surface area contributed by atoms with Gasteiger partial charge in [0.1, 0.15) is 12.3 Å². The number of carbonyl (C=O) groups is 1. The standard InChI is InChI=1S/C19H23BrN2O2/c1-13(14-3-4-14)21-19(23)12-22(2)11-17-9-10-18(24-17)15-5-7-16(20)8-6-15/h5-10,13-14H,3-4,11-12H2,1-2H3,(H,21,23)/p+1/t13-/m0/s1. The number of hydrogen-bond acceptors (Lipinski definition) is 2. The van der Waals surface area contributed by atoms with Gasteiger partial charge in [-0.05, 0) is 49.9 Å². The van der Waals surface area contributed by atoms with Gasteiger partial charge < -0.3 is 14.6 Å². The molecule has 128 valence electrons. The Labute approximate surface area is 151 Å². The first kappa shape index (κ1) is 17.2. The molecule has 1 unspecified atom stereocenters. The SMILES string of the molecule is C[C@H](NC(=O)C[NH+](C)Cc1ccc(-c2ccc(Br)cc2)o1)C1CC1. The van der Waals surface area contributed by atoms with Crippen LogP contribution in [0, 0.1) is 5.92 Å². The smallest absolute Gasteiger partial charge is 0.275 e. The molecular weight excluding hydrogens is 368 g/mol. The predicted molar refractivity (Wildman–Crippen MR) is 97.6 cm³/mol. The summed E-state index contributed by atoms with van der Waals surface area (Å²) in [5.41, 5.74) is 1.05. The van der Waals surface area contributed by atoms with Crippen molar-refractivity contribution in [1.82, 2.24) is 5.32 Å². The summed E-state index contributed by atoms with van der Waals surface area (Å²) >= 11 is 3.44. The first-order valence-electron chi connectivity index (χ1n) is 8.46. The van der Waals surface area contributed by atoms with Crippen LogP contribution >= 0.6 is 15.9 Å². The second-order valence-electron chi connectivity index (χ2n) is 6.78. The number of benzene rings is 1. The number of quaternary nitrogens is 1. The lowest BCUT2D eigenvalue weighted by Gasteiger charge is -2.16. The second-order valence-corrected chi connectivity index (χ2v) is 7.69. The minimum Gasteiger partial charge on any atom is -0.455 e. The highest BCUT2D eigenvalue weighted by atomic mass is 79.9. The van der Waals surface area contributed by atoms with Gasteiger partial charge in [0.25, 0.3) is 5.91 Å². The van der Waals surface area contributed by atoms with E-state index in [1.54, 1.807) is 0 Å². The van der Waals surface area contributed by atoms with Gasteiger partial charge in [-0.1, -0.05) is 28.1 Å². The zero-order chi connectivity index (χ0) is 17.1. The Morgan fingerprint density at radius 1 is 1.29 bits per heavy atom. The van der Waals surface area contributed by atoms with E-state index in [9.17, 15) is 4.79 Å². The monoisotopic (exact) mass is 391 g/mol. The van der Waals surface area contributed by atoms with E-state index in [1.165, 1.54) is 12.8 Å². The van der Waals surface area contributed by atoms with Crippen LogP contribution in [0.1, 0.15) is 25.5 Å². The van der Waals surface area contributed by atoms with Gasteiger partial charge in [-0.25, -0.2) is 0 Å². The molecule has 1 saturated carbocycles. The second kappa shape index (κ2) is 7.53. The zero-order valence-corrected chi connectivity index (χ0v) is 15.7. The molecule has 3 rings (SSSR count). The van der Waals surface area contributed by atoms with Gasteiger partial charge in [-0.3, -0.25) is 4.79 Å². The molecule has 0 aliphatic heterocycles. The molecule has 1 aliphatic rings. The van der Waals surface area contributed by atoms with Crippen molar-refractivity contribution < 1.29 is 14.1 Å². The highest BCUT2D eigenvalue weighted by Gasteiger charge is 2.29. The Morgan fingerprint density at radius 3 is 2.67 bits per heavy atom. The lowest BCUT2D eigenvalue weighted by Crippen LogP contribution is -3.08. The molecule has 2 aromatic rings. The van der Waals surface area contributed by atoms with Crippen LogP contribution in [0.2, 0.25) is 0 Å². The van der Waals surface area contributed by atoms with Gasteiger partial charge in [0.15, 0.2) is 12.3 Å². The van der Waals surface area contributed by atoms with Crippen molar-refractivity contribution in [2.75, 3.05) is 13.6 Å². The third-order valence-corrected chi connectivity index (χ3v) is 4.98. The summed E-state index contributed by atoms with van der Waals surface area (Å²) in [5.74, 6) is 2.56. The van der Waals surface area contributed by atoms with Crippen molar-refractivity contribution in [2.45, 2.75) is 32.4 Å². The van der Waals surface area contributed by atoms with Gasteiger partial charge in [0.2, 0.25) is 0 Å². The third-order valence-electron chi connectivity index (χ3n) is 4.45. The molecular formula is C19H24BrN2O2+. The Hall–Kier alpha value is -1.59. The first-order valence-corrected chi connectivity index (χ1v) is 9.26. The predicted octanol–water partition coefficient (Wildman–Crippen LogP) is 2.64. The molecule has 5 heteroatoms. The Balaban J connectivity index is 1.52. The van der Waals surface area contributed by atoms with E-state index in [2.05, 4.69) is 28.2 Å². The normalized spacial score (nSPS) is 16.6. The number of amides is 1. The van der Waals surface area contributed by atoms with Gasteiger partial charge >= 0.3 is 0 Å². The van der Waals surface area contributed by atoms with Crippen LogP contribution in [-0.4, -0.2) is 25.5 Å². The maximum absolute atomic E-state index is 12.1. The van der Waals surface area contributed by atoms with Crippen LogP contribution in [0.3, 0.4) is 0 Å². The fraction of sp³-hybridized carbons (Fsp3) is 0.421. The van der Waals surface area contributed by atoms with E-state index in [1.807, 2.05) is 43.4 Å². The molecule has 1 fully saturated rings. The van der Waals surface area contributed by atoms with Crippen LogP contribution in [-0.2, 0) is 11.3 Å². The molecule has 24 heavy (non-hydrogen) atoms. The van der Waals surface area contributed by atoms with E-state index < -0.39 is 0 Å². The molecule has 0 bridgehead atoms. The van der Waals surface area contributed by atoms with E-state index in [-0.39, 0.29) is 5.91 Å². The summed E-state index contributed by atoms with van der Waals surface area (Å²) in [4.78, 5) is 13.2. The van der Waals surface area contributed by atoms with Crippen LogP contribution in [0.5, 0.6) is 0 Å². The van der Waals surface area contributed by atoms with Gasteiger partial charge in [0.05, 0.1) is 7.05 Å². The van der Waals surface area contributed by atoms with Gasteiger partial charge in [0, 0.05) is 16.1 Å². The highest BCUT2D eigenvalue weighted by Crippen LogP contribution is 2.32. The number of furan rings is 1. The van der Waals surface area contributed by atoms with E-state index in [4.69, 9.17) is 4.42 Å². The van der Waals surface area contributed by atoms with Crippen LogP contribution in [0.4, 0.5) is 0 Å². The maximum Gasteiger partial charge on any atom is 0.275 e. The Kier molecular flexibility index (Phi) is 5.41. The van der Waals surface area contributed by atoms with Crippen LogP contribution in [0.25, 0.3) is 11.3 Å². The molecule has 4 nitrogen and oxygen atoms in total. The summed E-state index contributed by atoms with van der Waals surface area (Å²) in [6.45, 7) is 3.26. The molecule has 0 radical (unpaired) electrons. The quantitative estimate of drug-likeness (QED) is 0.761. The lowest BCUT2D eigenvalue weighted by atomic mass is 10.2. The van der Waals surface area contributed by atoms with Gasteiger partial charge in [-0.2, -0.15) is 0 Å². The molecule has 1 aliphatic carbocycles. The Bertz CT molecular complexity index is 692. The van der Waals surface area contributed by atoms with Crippen molar-refractivity contribution in [3.8, 4) is 11.3 Å². The minimum absolute atomic E-state index is 0.117. The number of rotatable bonds is 7. The summed E-state index contributed by atoms with van der Waals surface area (Å²) < 4.78 is 6.97. The summed E-state index contributed by atoms with van der Waals surface area (Å²) in [6, 6.07) is 12.3. The first-order chi connectivity index (χ1) is 11.5. The Morgan fingerprint density at radius 2 is 2.00 bits per heavy atom. The van der Waals surface area contributed by atoms with Crippen molar-refractivity contribution in [1.29, 1.82) is 0 Å². The highest BCUT2D eigenvalue weighted by molar-refractivity contribution is 9.10. The molecule has 1 amide bonds. The largest absolute Gasteiger partial charge is 0.455 e. The van der Waals surface area contributed by atoms with Crippen molar-refractivity contribution in [3.05, 3.63) is 46.6 Å². The molecule has 0 spiro atoms. The lowest BCUT2D eigenvalue weighted by molar-refractivity contribution is -0.886. The zero-order valence-electron chi connectivity index (χ0n) is 14.1. The molecule has 0 saturated heterocycles. The summed E-state index contributed by atoms with van der Waals surface area (Å²) in [6.07, 6.45) is 2.49. The number of likely N-dealkylation sites (N-methyl/N-ethyl adjacent to an activating group) is 1.